The molecule has 0 spiro atoms. The second kappa shape index (κ2) is 8.73. The second-order valence-electron chi connectivity index (χ2n) is 6.43. The van der Waals surface area contributed by atoms with E-state index in [2.05, 4.69) is 0 Å². The lowest BCUT2D eigenvalue weighted by Gasteiger charge is -2.23. The molecule has 6 nitrogen and oxygen atoms in total. The van der Waals surface area contributed by atoms with Crippen LogP contribution in [0.4, 0.5) is 4.39 Å². The van der Waals surface area contributed by atoms with Crippen LogP contribution in [0.25, 0.3) is 0 Å². The molecule has 148 valence electrons. The van der Waals surface area contributed by atoms with Gasteiger partial charge in [-0.05, 0) is 49.2 Å². The van der Waals surface area contributed by atoms with Crippen LogP contribution in [-0.2, 0) is 16.1 Å². The molecule has 7 heteroatoms. The molecule has 1 aliphatic rings. The van der Waals surface area contributed by atoms with Gasteiger partial charge >= 0.3 is 5.97 Å². The van der Waals surface area contributed by atoms with Crippen molar-refractivity contribution in [2.75, 3.05) is 26.4 Å². The predicted octanol–water partition coefficient (Wildman–Crippen LogP) is 3.11. The Hall–Kier alpha value is -3.09. The lowest BCUT2D eigenvalue weighted by atomic mass is 10.1. The minimum atomic E-state index is -0.734. The number of halogens is 1. The van der Waals surface area contributed by atoms with Gasteiger partial charge in [-0.1, -0.05) is 12.1 Å². The first-order chi connectivity index (χ1) is 13.5. The number of likely N-dealkylation sites (N-methyl/N-ethyl adjacent to an activating group) is 1. The molecule has 1 aliphatic heterocycles. The van der Waals surface area contributed by atoms with E-state index in [0.717, 1.165) is 11.6 Å². The fourth-order valence-electron chi connectivity index (χ4n) is 2.80. The topological polar surface area (TPSA) is 65.1 Å². The zero-order valence-corrected chi connectivity index (χ0v) is 15.9. The summed E-state index contributed by atoms with van der Waals surface area (Å²) in [4.78, 5) is 26.1. The summed E-state index contributed by atoms with van der Waals surface area (Å²) in [5, 5.41) is 0. The van der Waals surface area contributed by atoms with Gasteiger partial charge in [0.1, 0.15) is 19.0 Å². The van der Waals surface area contributed by atoms with E-state index in [1.54, 1.807) is 11.8 Å². The number of ether oxygens (including phenoxy) is 3. The Morgan fingerprint density at radius 3 is 2.57 bits per heavy atom. The van der Waals surface area contributed by atoms with E-state index in [1.807, 2.05) is 25.1 Å². The summed E-state index contributed by atoms with van der Waals surface area (Å²) in [7, 11) is 0. The Labute approximate surface area is 162 Å². The van der Waals surface area contributed by atoms with Crippen molar-refractivity contribution in [3.05, 3.63) is 58.9 Å². The van der Waals surface area contributed by atoms with E-state index in [1.165, 1.54) is 12.1 Å². The van der Waals surface area contributed by atoms with Crippen molar-refractivity contribution in [3.63, 3.8) is 0 Å². The normalized spacial score (nSPS) is 12.4. The van der Waals surface area contributed by atoms with Gasteiger partial charge in [0, 0.05) is 13.1 Å². The number of carbonyl (C=O) groups is 2. The van der Waals surface area contributed by atoms with Crippen LogP contribution in [0.1, 0.15) is 28.4 Å². The van der Waals surface area contributed by atoms with Crippen LogP contribution in [0.5, 0.6) is 11.5 Å². The van der Waals surface area contributed by atoms with Crippen molar-refractivity contribution in [1.29, 1.82) is 0 Å². The summed E-state index contributed by atoms with van der Waals surface area (Å²) in [6.07, 6.45) is 0. The highest BCUT2D eigenvalue weighted by Crippen LogP contribution is 2.31. The molecule has 0 unspecified atom stereocenters. The summed E-state index contributed by atoms with van der Waals surface area (Å²) in [5.74, 6) is -0.223. The standard InChI is InChI=1S/C21H22FNO5/c1-3-23(12-15-5-7-18-19(10-15)27-9-8-26-18)20(24)13-28-21(25)16-6-4-14(2)17(22)11-16/h4-7,10-11H,3,8-9,12-13H2,1-2H3. The molecule has 28 heavy (non-hydrogen) atoms. The van der Waals surface area contributed by atoms with E-state index >= 15 is 0 Å². The Bertz CT molecular complexity index is 883. The number of carbonyl (C=O) groups excluding carboxylic acids is 2. The molecule has 0 aliphatic carbocycles. The molecular weight excluding hydrogens is 365 g/mol. The molecular formula is C21H22FNO5. The molecule has 0 saturated heterocycles. The van der Waals surface area contributed by atoms with E-state index in [9.17, 15) is 14.0 Å². The molecule has 1 amide bonds. The number of rotatable bonds is 6. The minimum Gasteiger partial charge on any atom is -0.486 e. The van der Waals surface area contributed by atoms with Crippen molar-refractivity contribution >= 4 is 11.9 Å². The Balaban J connectivity index is 1.58. The fourth-order valence-corrected chi connectivity index (χ4v) is 2.80. The Morgan fingerprint density at radius 2 is 1.86 bits per heavy atom. The third-order valence-electron chi connectivity index (χ3n) is 4.45. The minimum absolute atomic E-state index is 0.0748. The van der Waals surface area contributed by atoms with E-state index in [4.69, 9.17) is 14.2 Å². The Kier molecular flexibility index (Phi) is 6.13. The van der Waals surface area contributed by atoms with Crippen molar-refractivity contribution in [2.45, 2.75) is 20.4 Å². The molecule has 2 aromatic rings. The lowest BCUT2D eigenvalue weighted by Crippen LogP contribution is -2.34. The van der Waals surface area contributed by atoms with Gasteiger partial charge in [0.2, 0.25) is 0 Å². The van der Waals surface area contributed by atoms with Crippen molar-refractivity contribution in [1.82, 2.24) is 4.90 Å². The molecule has 0 aromatic heterocycles. The van der Waals surface area contributed by atoms with Crippen LogP contribution in [0.2, 0.25) is 0 Å². The highest BCUT2D eigenvalue weighted by molar-refractivity contribution is 5.91. The van der Waals surface area contributed by atoms with Crippen molar-refractivity contribution in [3.8, 4) is 11.5 Å². The molecule has 0 N–H and O–H groups in total. The zero-order valence-electron chi connectivity index (χ0n) is 15.9. The third-order valence-corrected chi connectivity index (χ3v) is 4.45. The first-order valence-corrected chi connectivity index (χ1v) is 9.07. The highest BCUT2D eigenvalue weighted by Gasteiger charge is 2.18. The summed E-state index contributed by atoms with van der Waals surface area (Å²) in [6.45, 7) is 4.84. The summed E-state index contributed by atoms with van der Waals surface area (Å²) >= 11 is 0. The van der Waals surface area contributed by atoms with Gasteiger partial charge in [0.05, 0.1) is 5.56 Å². The highest BCUT2D eigenvalue weighted by atomic mass is 19.1. The monoisotopic (exact) mass is 387 g/mol. The third kappa shape index (κ3) is 4.60. The first-order valence-electron chi connectivity index (χ1n) is 9.07. The summed E-state index contributed by atoms with van der Waals surface area (Å²) in [5.41, 5.74) is 1.39. The van der Waals surface area contributed by atoms with Gasteiger partial charge in [-0.25, -0.2) is 9.18 Å². The van der Waals surface area contributed by atoms with Gasteiger partial charge in [0.15, 0.2) is 18.1 Å². The Morgan fingerprint density at radius 1 is 1.11 bits per heavy atom. The molecule has 0 bridgehead atoms. The molecule has 0 atom stereocenters. The van der Waals surface area contributed by atoms with Crippen LogP contribution in [0.3, 0.4) is 0 Å². The van der Waals surface area contributed by atoms with E-state index in [0.29, 0.717) is 43.4 Å². The number of aryl methyl sites for hydroxylation is 1. The van der Waals surface area contributed by atoms with Crippen LogP contribution in [0.15, 0.2) is 36.4 Å². The van der Waals surface area contributed by atoms with Crippen LogP contribution in [0, 0.1) is 12.7 Å². The quantitative estimate of drug-likeness (QED) is 0.713. The van der Waals surface area contributed by atoms with Gasteiger partial charge in [0.25, 0.3) is 5.91 Å². The maximum Gasteiger partial charge on any atom is 0.338 e. The SMILES string of the molecule is CCN(Cc1ccc2c(c1)OCCO2)C(=O)COC(=O)c1ccc(C)c(F)c1. The fraction of sp³-hybridized carbons (Fsp3) is 0.333. The van der Waals surface area contributed by atoms with E-state index < -0.39 is 18.4 Å². The largest absolute Gasteiger partial charge is 0.486 e. The number of hydrogen-bond donors (Lipinski definition) is 0. The van der Waals surface area contributed by atoms with E-state index in [-0.39, 0.29) is 11.5 Å². The number of esters is 1. The summed E-state index contributed by atoms with van der Waals surface area (Å²) < 4.78 is 29.7. The zero-order chi connectivity index (χ0) is 20.1. The van der Waals surface area contributed by atoms with Crippen LogP contribution >= 0.6 is 0 Å². The van der Waals surface area contributed by atoms with Gasteiger partial charge < -0.3 is 19.1 Å². The number of fused-ring (bicyclic) bond motifs is 1. The van der Waals surface area contributed by atoms with Gasteiger partial charge in [-0.3, -0.25) is 4.79 Å². The molecule has 1 heterocycles. The molecule has 0 saturated carbocycles. The maximum atomic E-state index is 13.6. The van der Waals surface area contributed by atoms with Crippen LogP contribution < -0.4 is 9.47 Å². The summed E-state index contributed by atoms with van der Waals surface area (Å²) in [6, 6.07) is 9.59. The number of hydrogen-bond acceptors (Lipinski definition) is 5. The van der Waals surface area contributed by atoms with Gasteiger partial charge in [-0.2, -0.15) is 0 Å². The molecule has 0 fully saturated rings. The molecule has 2 aromatic carbocycles. The average Bonchev–Trinajstić information content (AvgIpc) is 2.71. The number of nitrogens with zero attached hydrogens (tertiary/aromatic N) is 1. The predicted molar refractivity (Wildman–Crippen MR) is 99.9 cm³/mol. The second-order valence-corrected chi connectivity index (χ2v) is 6.43. The average molecular weight is 387 g/mol. The van der Waals surface area contributed by atoms with Gasteiger partial charge in [-0.15, -0.1) is 0 Å². The van der Waals surface area contributed by atoms with Crippen molar-refractivity contribution < 1.29 is 28.2 Å². The smallest absolute Gasteiger partial charge is 0.338 e. The number of benzene rings is 2. The van der Waals surface area contributed by atoms with Crippen molar-refractivity contribution in [2.24, 2.45) is 0 Å². The lowest BCUT2D eigenvalue weighted by molar-refractivity contribution is -0.134. The van der Waals surface area contributed by atoms with Crippen LogP contribution in [-0.4, -0.2) is 43.1 Å². The number of amides is 1. The molecule has 3 rings (SSSR count). The maximum absolute atomic E-state index is 13.6. The molecule has 0 radical (unpaired) electrons. The first kappa shape index (κ1) is 19.7.